The number of benzene rings is 1. The van der Waals surface area contributed by atoms with Gasteiger partial charge >= 0.3 is 5.97 Å². The third kappa shape index (κ3) is 1.78. The highest BCUT2D eigenvalue weighted by Crippen LogP contribution is 2.34. The summed E-state index contributed by atoms with van der Waals surface area (Å²) < 4.78 is 5.91. The van der Waals surface area contributed by atoms with Crippen molar-refractivity contribution in [2.75, 3.05) is 7.11 Å². The standard InChI is InChI=1S/C10H7ClO3S/c1-14-7-4-8-5(2-6(7)11)3-9(15-8)10(12)13/h2-4H,1H3,(H,12,13). The first kappa shape index (κ1) is 10.3. The van der Waals surface area contributed by atoms with E-state index in [4.69, 9.17) is 21.4 Å². The van der Waals surface area contributed by atoms with Gasteiger partial charge in [0.1, 0.15) is 10.6 Å². The fraction of sp³-hybridized carbons (Fsp3) is 0.100. The van der Waals surface area contributed by atoms with E-state index in [2.05, 4.69) is 0 Å². The highest BCUT2D eigenvalue weighted by molar-refractivity contribution is 7.20. The summed E-state index contributed by atoms with van der Waals surface area (Å²) in [6, 6.07) is 5.06. The predicted octanol–water partition coefficient (Wildman–Crippen LogP) is 3.26. The second-order valence-electron chi connectivity index (χ2n) is 2.94. The number of carboxylic acid groups (broad SMARTS) is 1. The van der Waals surface area contributed by atoms with Crippen LogP contribution in [0.25, 0.3) is 10.1 Å². The first-order valence-electron chi connectivity index (χ1n) is 4.12. The van der Waals surface area contributed by atoms with Gasteiger partial charge in [-0.15, -0.1) is 11.3 Å². The average Bonchev–Trinajstić information content (AvgIpc) is 2.59. The monoisotopic (exact) mass is 242 g/mol. The molecule has 1 aromatic carbocycles. The Morgan fingerprint density at radius 2 is 2.20 bits per heavy atom. The van der Waals surface area contributed by atoms with Gasteiger partial charge in [-0.05, 0) is 23.6 Å². The van der Waals surface area contributed by atoms with E-state index in [9.17, 15) is 4.79 Å². The topological polar surface area (TPSA) is 46.5 Å². The summed E-state index contributed by atoms with van der Waals surface area (Å²) in [5, 5.41) is 10.1. The van der Waals surface area contributed by atoms with Crippen LogP contribution in [-0.2, 0) is 0 Å². The van der Waals surface area contributed by atoms with E-state index in [1.165, 1.54) is 18.4 Å². The quantitative estimate of drug-likeness (QED) is 0.879. The van der Waals surface area contributed by atoms with Crippen molar-refractivity contribution in [1.82, 2.24) is 0 Å². The van der Waals surface area contributed by atoms with Crippen LogP contribution in [0.5, 0.6) is 5.75 Å². The van der Waals surface area contributed by atoms with Crippen molar-refractivity contribution in [3.05, 3.63) is 28.1 Å². The summed E-state index contributed by atoms with van der Waals surface area (Å²) in [4.78, 5) is 11.1. The normalized spacial score (nSPS) is 10.5. The Morgan fingerprint density at radius 3 is 2.80 bits per heavy atom. The molecule has 5 heteroatoms. The molecule has 0 atom stereocenters. The van der Waals surface area contributed by atoms with E-state index in [1.54, 1.807) is 18.2 Å². The summed E-state index contributed by atoms with van der Waals surface area (Å²) >= 11 is 7.13. The Bertz CT molecular complexity index is 533. The summed E-state index contributed by atoms with van der Waals surface area (Å²) in [6.07, 6.45) is 0. The van der Waals surface area contributed by atoms with Gasteiger partial charge in [0.15, 0.2) is 0 Å². The van der Waals surface area contributed by atoms with Gasteiger partial charge in [0, 0.05) is 4.70 Å². The Balaban J connectivity index is 2.66. The lowest BCUT2D eigenvalue weighted by atomic mass is 10.2. The van der Waals surface area contributed by atoms with E-state index < -0.39 is 5.97 Å². The predicted molar refractivity (Wildman–Crippen MR) is 60.3 cm³/mol. The van der Waals surface area contributed by atoms with Gasteiger partial charge in [-0.2, -0.15) is 0 Å². The van der Waals surface area contributed by atoms with E-state index >= 15 is 0 Å². The summed E-state index contributed by atoms with van der Waals surface area (Å²) in [6.45, 7) is 0. The first-order valence-corrected chi connectivity index (χ1v) is 5.31. The number of halogens is 1. The van der Waals surface area contributed by atoms with Gasteiger partial charge in [0.2, 0.25) is 0 Å². The fourth-order valence-corrected chi connectivity index (χ4v) is 2.46. The van der Waals surface area contributed by atoms with Crippen molar-refractivity contribution in [2.45, 2.75) is 0 Å². The molecular formula is C10H7ClO3S. The lowest BCUT2D eigenvalue weighted by Gasteiger charge is -2.01. The van der Waals surface area contributed by atoms with E-state index in [0.717, 1.165) is 10.1 Å². The minimum Gasteiger partial charge on any atom is -0.495 e. The number of methoxy groups -OCH3 is 1. The van der Waals surface area contributed by atoms with Crippen LogP contribution in [0.1, 0.15) is 9.67 Å². The van der Waals surface area contributed by atoms with Gasteiger partial charge in [-0.3, -0.25) is 0 Å². The third-order valence-corrected chi connectivity index (χ3v) is 3.38. The molecule has 0 aliphatic rings. The number of hydrogen-bond acceptors (Lipinski definition) is 3. The van der Waals surface area contributed by atoms with Crippen molar-refractivity contribution in [2.24, 2.45) is 0 Å². The average molecular weight is 243 g/mol. The molecular weight excluding hydrogens is 236 g/mol. The smallest absolute Gasteiger partial charge is 0.345 e. The van der Waals surface area contributed by atoms with Crippen LogP contribution in [0.2, 0.25) is 5.02 Å². The molecule has 0 spiro atoms. The molecule has 0 aliphatic carbocycles. The second-order valence-corrected chi connectivity index (χ2v) is 4.43. The SMILES string of the molecule is COc1cc2sc(C(=O)O)cc2cc1Cl. The second kappa shape index (κ2) is 3.72. The van der Waals surface area contributed by atoms with Crippen molar-refractivity contribution in [3.63, 3.8) is 0 Å². The first-order chi connectivity index (χ1) is 7.11. The molecule has 0 saturated carbocycles. The molecule has 1 aromatic heterocycles. The van der Waals surface area contributed by atoms with Crippen LogP contribution in [0.4, 0.5) is 0 Å². The van der Waals surface area contributed by atoms with Gasteiger partial charge in [-0.25, -0.2) is 4.79 Å². The molecule has 0 aliphatic heterocycles. The molecule has 1 N–H and O–H groups in total. The number of hydrogen-bond donors (Lipinski definition) is 1. The zero-order chi connectivity index (χ0) is 11.0. The number of ether oxygens (including phenoxy) is 1. The maximum atomic E-state index is 10.8. The molecule has 0 fully saturated rings. The third-order valence-electron chi connectivity index (χ3n) is 2.00. The van der Waals surface area contributed by atoms with Crippen LogP contribution < -0.4 is 4.74 Å². The highest BCUT2D eigenvalue weighted by Gasteiger charge is 2.10. The van der Waals surface area contributed by atoms with Crippen molar-refractivity contribution in [1.29, 1.82) is 0 Å². The molecule has 0 amide bonds. The number of fused-ring (bicyclic) bond motifs is 1. The van der Waals surface area contributed by atoms with E-state index in [-0.39, 0.29) is 0 Å². The van der Waals surface area contributed by atoms with Gasteiger partial charge < -0.3 is 9.84 Å². The largest absolute Gasteiger partial charge is 0.495 e. The Kier molecular flexibility index (Phi) is 2.54. The molecule has 3 nitrogen and oxygen atoms in total. The summed E-state index contributed by atoms with van der Waals surface area (Å²) in [5.74, 6) is -0.366. The van der Waals surface area contributed by atoms with Crippen molar-refractivity contribution < 1.29 is 14.6 Å². The number of rotatable bonds is 2. The van der Waals surface area contributed by atoms with Crippen LogP contribution in [0, 0.1) is 0 Å². The van der Waals surface area contributed by atoms with Gasteiger partial charge in [0.25, 0.3) is 0 Å². The summed E-state index contributed by atoms with van der Waals surface area (Å²) in [7, 11) is 1.53. The molecule has 0 radical (unpaired) electrons. The molecule has 78 valence electrons. The van der Waals surface area contributed by atoms with Crippen molar-refractivity contribution in [3.8, 4) is 5.75 Å². The molecule has 0 unspecified atom stereocenters. The Morgan fingerprint density at radius 1 is 1.47 bits per heavy atom. The number of carboxylic acids is 1. The maximum Gasteiger partial charge on any atom is 0.345 e. The van der Waals surface area contributed by atoms with Crippen LogP contribution in [0.3, 0.4) is 0 Å². The maximum absolute atomic E-state index is 10.8. The number of carbonyl (C=O) groups is 1. The molecule has 2 aromatic rings. The fourth-order valence-electron chi connectivity index (χ4n) is 1.30. The number of thiophene rings is 1. The molecule has 0 saturated heterocycles. The Labute approximate surface area is 94.9 Å². The van der Waals surface area contributed by atoms with E-state index in [0.29, 0.717) is 15.6 Å². The molecule has 1 heterocycles. The van der Waals surface area contributed by atoms with Gasteiger partial charge in [-0.1, -0.05) is 11.6 Å². The lowest BCUT2D eigenvalue weighted by molar-refractivity contribution is 0.0702. The van der Waals surface area contributed by atoms with Gasteiger partial charge in [0.05, 0.1) is 12.1 Å². The molecule has 15 heavy (non-hydrogen) atoms. The molecule has 0 bridgehead atoms. The zero-order valence-corrected chi connectivity index (χ0v) is 9.35. The Hall–Kier alpha value is -1.26. The molecule has 2 rings (SSSR count). The van der Waals surface area contributed by atoms with E-state index in [1.807, 2.05) is 0 Å². The minimum absolute atomic E-state index is 0.300. The van der Waals surface area contributed by atoms with Crippen LogP contribution in [0.15, 0.2) is 18.2 Å². The van der Waals surface area contributed by atoms with Crippen molar-refractivity contribution >= 4 is 39.0 Å². The van der Waals surface area contributed by atoms with Crippen LogP contribution in [-0.4, -0.2) is 18.2 Å². The zero-order valence-electron chi connectivity index (χ0n) is 7.78. The summed E-state index contributed by atoms with van der Waals surface area (Å²) in [5.41, 5.74) is 0. The van der Waals surface area contributed by atoms with Crippen LogP contribution >= 0.6 is 22.9 Å². The lowest BCUT2D eigenvalue weighted by Crippen LogP contribution is -1.89. The number of aromatic carboxylic acids is 1. The minimum atomic E-state index is -0.925. The highest BCUT2D eigenvalue weighted by atomic mass is 35.5.